The molecule has 1 rings (SSSR count). The minimum Gasteiger partial charge on any atom is -0.493 e. The maximum atomic E-state index is 11.4. The molecule has 1 aromatic heterocycles. The molecule has 1 aromatic rings. The molecule has 0 amide bonds. The molecule has 0 atom stereocenters. The highest BCUT2D eigenvalue weighted by Gasteiger charge is 2.24. The van der Waals surface area contributed by atoms with Crippen LogP contribution in [-0.4, -0.2) is 14.7 Å². The van der Waals surface area contributed by atoms with Gasteiger partial charge < -0.3 is 5.11 Å². The SMILES string of the molecule is CCC(C)(CC)n1cc(O)[nH]c1=O. The summed E-state index contributed by atoms with van der Waals surface area (Å²) in [4.78, 5) is 13.7. The van der Waals surface area contributed by atoms with Crippen molar-refractivity contribution in [1.29, 1.82) is 0 Å². The third-order valence-electron chi connectivity index (χ3n) is 2.81. The van der Waals surface area contributed by atoms with Gasteiger partial charge in [-0.3, -0.25) is 9.55 Å². The van der Waals surface area contributed by atoms with Gasteiger partial charge in [-0.25, -0.2) is 4.79 Å². The molecule has 13 heavy (non-hydrogen) atoms. The highest BCUT2D eigenvalue weighted by atomic mass is 16.3. The quantitative estimate of drug-likeness (QED) is 0.746. The molecule has 0 unspecified atom stereocenters. The minimum absolute atomic E-state index is 0.0712. The van der Waals surface area contributed by atoms with Gasteiger partial charge in [-0.1, -0.05) is 13.8 Å². The number of nitrogens with zero attached hydrogens (tertiary/aromatic N) is 1. The van der Waals surface area contributed by atoms with Crippen LogP contribution in [0.25, 0.3) is 0 Å². The molecule has 0 bridgehead atoms. The normalized spacial score (nSPS) is 11.9. The lowest BCUT2D eigenvalue weighted by Crippen LogP contribution is -2.35. The van der Waals surface area contributed by atoms with Crippen LogP contribution in [0.1, 0.15) is 33.6 Å². The van der Waals surface area contributed by atoms with Crippen LogP contribution in [0.4, 0.5) is 0 Å². The number of nitrogens with one attached hydrogen (secondary N) is 1. The van der Waals surface area contributed by atoms with E-state index < -0.39 is 0 Å². The fourth-order valence-electron chi connectivity index (χ4n) is 1.37. The van der Waals surface area contributed by atoms with Crippen molar-refractivity contribution in [3.63, 3.8) is 0 Å². The molecule has 0 fully saturated rings. The van der Waals surface area contributed by atoms with Crippen LogP contribution in [0.2, 0.25) is 0 Å². The van der Waals surface area contributed by atoms with E-state index in [1.807, 2.05) is 20.8 Å². The number of imidazole rings is 1. The van der Waals surface area contributed by atoms with E-state index in [0.717, 1.165) is 12.8 Å². The summed E-state index contributed by atoms with van der Waals surface area (Å²) >= 11 is 0. The van der Waals surface area contributed by atoms with E-state index in [1.165, 1.54) is 6.20 Å². The molecule has 0 aliphatic carbocycles. The second kappa shape index (κ2) is 3.28. The summed E-state index contributed by atoms with van der Waals surface area (Å²) in [5, 5.41) is 9.11. The maximum Gasteiger partial charge on any atom is 0.328 e. The van der Waals surface area contributed by atoms with Crippen molar-refractivity contribution in [1.82, 2.24) is 9.55 Å². The number of rotatable bonds is 3. The van der Waals surface area contributed by atoms with Gasteiger partial charge in [0, 0.05) is 5.54 Å². The Morgan fingerprint density at radius 2 is 2.08 bits per heavy atom. The number of hydrogen-bond donors (Lipinski definition) is 2. The first-order valence-corrected chi connectivity index (χ1v) is 4.54. The highest BCUT2D eigenvalue weighted by molar-refractivity contribution is 5.04. The molecule has 2 N–H and O–H groups in total. The fourth-order valence-corrected chi connectivity index (χ4v) is 1.37. The van der Waals surface area contributed by atoms with Gasteiger partial charge in [0.15, 0.2) is 0 Å². The van der Waals surface area contributed by atoms with Gasteiger partial charge in [-0.15, -0.1) is 0 Å². The van der Waals surface area contributed by atoms with Crippen molar-refractivity contribution in [2.24, 2.45) is 0 Å². The first-order chi connectivity index (χ1) is 6.03. The number of hydrogen-bond acceptors (Lipinski definition) is 2. The van der Waals surface area contributed by atoms with Gasteiger partial charge in [0.1, 0.15) is 0 Å². The summed E-state index contributed by atoms with van der Waals surface area (Å²) in [5.41, 5.74) is -0.446. The van der Waals surface area contributed by atoms with E-state index in [4.69, 9.17) is 5.11 Å². The molecule has 1 heterocycles. The van der Waals surface area contributed by atoms with Crippen molar-refractivity contribution in [3.8, 4) is 5.88 Å². The van der Waals surface area contributed by atoms with E-state index in [9.17, 15) is 4.79 Å². The molecule has 0 aliphatic rings. The predicted molar refractivity (Wildman–Crippen MR) is 50.9 cm³/mol. The molecule has 4 nitrogen and oxygen atoms in total. The molecule has 4 heteroatoms. The highest BCUT2D eigenvalue weighted by Crippen LogP contribution is 2.23. The average Bonchev–Trinajstić information content (AvgIpc) is 2.44. The monoisotopic (exact) mass is 184 g/mol. The molecule has 0 spiro atoms. The molecule has 0 aliphatic heterocycles. The largest absolute Gasteiger partial charge is 0.493 e. The summed E-state index contributed by atoms with van der Waals surface area (Å²) in [5.74, 6) is -0.0712. The van der Waals surface area contributed by atoms with E-state index in [0.29, 0.717) is 0 Å². The van der Waals surface area contributed by atoms with E-state index in [2.05, 4.69) is 4.98 Å². The Morgan fingerprint density at radius 3 is 2.38 bits per heavy atom. The third-order valence-corrected chi connectivity index (χ3v) is 2.81. The minimum atomic E-state index is -0.247. The lowest BCUT2D eigenvalue weighted by Gasteiger charge is -2.27. The smallest absolute Gasteiger partial charge is 0.328 e. The second-order valence-corrected chi connectivity index (χ2v) is 3.52. The zero-order chi connectivity index (χ0) is 10.1. The number of H-pyrrole nitrogens is 1. The first-order valence-electron chi connectivity index (χ1n) is 4.54. The van der Waals surface area contributed by atoms with Crippen molar-refractivity contribution in [2.75, 3.05) is 0 Å². The molecule has 0 radical (unpaired) electrons. The third kappa shape index (κ3) is 1.61. The zero-order valence-electron chi connectivity index (χ0n) is 8.29. The summed E-state index contributed by atoms with van der Waals surface area (Å²) in [6, 6.07) is 0. The summed E-state index contributed by atoms with van der Waals surface area (Å²) in [6.45, 7) is 6.06. The van der Waals surface area contributed by atoms with Crippen molar-refractivity contribution in [2.45, 2.75) is 39.2 Å². The molecule has 0 aromatic carbocycles. The van der Waals surface area contributed by atoms with Gasteiger partial charge in [-0.2, -0.15) is 0 Å². The van der Waals surface area contributed by atoms with Gasteiger partial charge in [0.25, 0.3) is 0 Å². The Balaban J connectivity index is 3.19. The van der Waals surface area contributed by atoms with Gasteiger partial charge in [0.2, 0.25) is 5.88 Å². The predicted octanol–water partition coefficient (Wildman–Crippen LogP) is 1.42. The fraction of sp³-hybridized carbons (Fsp3) is 0.667. The number of aromatic nitrogens is 2. The summed E-state index contributed by atoms with van der Waals surface area (Å²) < 4.78 is 1.56. The average molecular weight is 184 g/mol. The van der Waals surface area contributed by atoms with Crippen LogP contribution in [-0.2, 0) is 5.54 Å². The topological polar surface area (TPSA) is 58.0 Å². The Bertz CT molecular complexity index is 334. The van der Waals surface area contributed by atoms with Crippen LogP contribution in [0.5, 0.6) is 5.88 Å². The number of aromatic hydroxyl groups is 1. The van der Waals surface area contributed by atoms with E-state index in [1.54, 1.807) is 4.57 Å². The molecule has 0 saturated carbocycles. The van der Waals surface area contributed by atoms with Crippen LogP contribution < -0.4 is 5.69 Å². The van der Waals surface area contributed by atoms with Gasteiger partial charge in [-0.05, 0) is 19.8 Å². The lowest BCUT2D eigenvalue weighted by atomic mass is 9.95. The van der Waals surface area contributed by atoms with Gasteiger partial charge in [0.05, 0.1) is 6.20 Å². The molecular weight excluding hydrogens is 168 g/mol. The van der Waals surface area contributed by atoms with Crippen LogP contribution in [0.3, 0.4) is 0 Å². The van der Waals surface area contributed by atoms with Crippen molar-refractivity contribution >= 4 is 0 Å². The zero-order valence-corrected chi connectivity index (χ0v) is 8.29. The Morgan fingerprint density at radius 1 is 1.54 bits per heavy atom. The Kier molecular flexibility index (Phi) is 2.50. The Hall–Kier alpha value is -1.19. The van der Waals surface area contributed by atoms with E-state index in [-0.39, 0.29) is 17.1 Å². The van der Waals surface area contributed by atoms with Crippen LogP contribution in [0.15, 0.2) is 11.0 Å². The van der Waals surface area contributed by atoms with Crippen molar-refractivity contribution in [3.05, 3.63) is 16.7 Å². The first kappa shape index (κ1) is 9.89. The van der Waals surface area contributed by atoms with Crippen LogP contribution in [0, 0.1) is 0 Å². The summed E-state index contributed by atoms with van der Waals surface area (Å²) in [7, 11) is 0. The lowest BCUT2D eigenvalue weighted by molar-refractivity contribution is 0.285. The maximum absolute atomic E-state index is 11.4. The second-order valence-electron chi connectivity index (χ2n) is 3.52. The standard InChI is InChI=1S/C9H16N2O2/c1-4-9(3,5-2)11-6-7(12)10-8(11)13/h6,12H,4-5H2,1-3H3,(H,10,13). The van der Waals surface area contributed by atoms with Crippen molar-refractivity contribution < 1.29 is 5.11 Å². The molecule has 0 saturated heterocycles. The van der Waals surface area contributed by atoms with E-state index >= 15 is 0 Å². The number of aromatic amines is 1. The summed E-state index contributed by atoms with van der Waals surface area (Å²) in [6.07, 6.45) is 3.18. The van der Waals surface area contributed by atoms with Crippen LogP contribution >= 0.6 is 0 Å². The molecule has 74 valence electrons. The Labute approximate surface area is 77.2 Å². The molecular formula is C9H16N2O2. The van der Waals surface area contributed by atoms with Gasteiger partial charge >= 0.3 is 5.69 Å².